The first-order valence-corrected chi connectivity index (χ1v) is 7.86. The smallest absolute Gasteiger partial charge is 0.0131 e. The van der Waals surface area contributed by atoms with Gasteiger partial charge in [0.1, 0.15) is 0 Å². The quantitative estimate of drug-likeness (QED) is 0.835. The first-order chi connectivity index (χ1) is 8.40. The van der Waals surface area contributed by atoms with Gasteiger partial charge in [0, 0.05) is 18.6 Å². The van der Waals surface area contributed by atoms with Crippen molar-refractivity contribution in [1.29, 1.82) is 0 Å². The monoisotopic (exact) mass is 252 g/mol. The predicted octanol–water partition coefficient (Wildman–Crippen LogP) is 3.26. The van der Waals surface area contributed by atoms with Gasteiger partial charge in [0.05, 0.1) is 0 Å². The maximum atomic E-state index is 6.44. The molecule has 2 heteroatoms. The summed E-state index contributed by atoms with van der Waals surface area (Å²) in [5.41, 5.74) is 6.79. The van der Waals surface area contributed by atoms with Gasteiger partial charge in [0.15, 0.2) is 0 Å². The van der Waals surface area contributed by atoms with Crippen molar-refractivity contribution >= 4 is 0 Å². The summed E-state index contributed by atoms with van der Waals surface area (Å²) in [6.45, 7) is 8.28. The third-order valence-electron chi connectivity index (χ3n) is 5.62. The second-order valence-electron chi connectivity index (χ2n) is 7.68. The van der Waals surface area contributed by atoms with Crippen molar-refractivity contribution in [3.8, 4) is 0 Å². The summed E-state index contributed by atoms with van der Waals surface area (Å²) in [6.07, 6.45) is 8.25. The lowest BCUT2D eigenvalue weighted by atomic mass is 9.84. The molecule has 2 rings (SSSR count). The Morgan fingerprint density at radius 2 is 1.94 bits per heavy atom. The first kappa shape index (κ1) is 14.3. The molecule has 4 unspecified atom stereocenters. The SMILES string of the molecule is CC1CCCC(N(C)CC2CCC(C)(C)C2N)C1. The average molecular weight is 252 g/mol. The molecule has 106 valence electrons. The molecular formula is C16H32N2. The lowest BCUT2D eigenvalue weighted by molar-refractivity contribution is 0.135. The van der Waals surface area contributed by atoms with Crippen molar-refractivity contribution < 1.29 is 0 Å². The summed E-state index contributed by atoms with van der Waals surface area (Å²) in [7, 11) is 2.32. The van der Waals surface area contributed by atoms with E-state index in [0.717, 1.165) is 12.0 Å². The van der Waals surface area contributed by atoms with Gasteiger partial charge in [-0.15, -0.1) is 0 Å². The van der Waals surface area contributed by atoms with Crippen LogP contribution in [-0.4, -0.2) is 30.6 Å². The van der Waals surface area contributed by atoms with Gasteiger partial charge in [-0.05, 0) is 50.0 Å². The molecule has 0 aromatic rings. The lowest BCUT2D eigenvalue weighted by Crippen LogP contribution is -2.44. The fourth-order valence-corrected chi connectivity index (χ4v) is 4.07. The van der Waals surface area contributed by atoms with Gasteiger partial charge in [-0.1, -0.05) is 33.6 Å². The van der Waals surface area contributed by atoms with E-state index < -0.39 is 0 Å². The second kappa shape index (κ2) is 5.50. The Morgan fingerprint density at radius 3 is 2.50 bits per heavy atom. The second-order valence-corrected chi connectivity index (χ2v) is 7.68. The van der Waals surface area contributed by atoms with Crippen molar-refractivity contribution in [3.05, 3.63) is 0 Å². The van der Waals surface area contributed by atoms with Crippen molar-refractivity contribution in [1.82, 2.24) is 4.90 Å². The third-order valence-corrected chi connectivity index (χ3v) is 5.62. The normalized spacial score (nSPS) is 40.3. The zero-order valence-corrected chi connectivity index (χ0v) is 12.8. The molecule has 0 amide bonds. The molecule has 2 aliphatic carbocycles. The van der Waals surface area contributed by atoms with Gasteiger partial charge in [-0.2, -0.15) is 0 Å². The molecule has 2 nitrogen and oxygen atoms in total. The Labute approximate surface area is 113 Å². The van der Waals surface area contributed by atoms with Crippen molar-refractivity contribution in [3.63, 3.8) is 0 Å². The molecule has 2 fully saturated rings. The average Bonchev–Trinajstić information content (AvgIpc) is 2.56. The fraction of sp³-hybridized carbons (Fsp3) is 1.00. The van der Waals surface area contributed by atoms with E-state index in [2.05, 4.69) is 32.7 Å². The van der Waals surface area contributed by atoms with Crippen LogP contribution in [0.2, 0.25) is 0 Å². The highest BCUT2D eigenvalue weighted by Gasteiger charge is 2.40. The fourth-order valence-electron chi connectivity index (χ4n) is 4.07. The number of nitrogens with two attached hydrogens (primary N) is 1. The maximum absolute atomic E-state index is 6.44. The Bertz CT molecular complexity index is 274. The highest BCUT2D eigenvalue weighted by Crippen LogP contribution is 2.40. The molecule has 0 spiro atoms. The summed E-state index contributed by atoms with van der Waals surface area (Å²) < 4.78 is 0. The summed E-state index contributed by atoms with van der Waals surface area (Å²) in [5.74, 6) is 1.63. The van der Waals surface area contributed by atoms with Crippen LogP contribution in [0.15, 0.2) is 0 Å². The third kappa shape index (κ3) is 3.08. The molecule has 0 bridgehead atoms. The van der Waals surface area contributed by atoms with Gasteiger partial charge in [0.25, 0.3) is 0 Å². The Hall–Kier alpha value is -0.0800. The van der Waals surface area contributed by atoms with Crippen LogP contribution in [0.4, 0.5) is 0 Å². The Kier molecular flexibility index (Phi) is 4.38. The van der Waals surface area contributed by atoms with Crippen LogP contribution in [0.3, 0.4) is 0 Å². The highest BCUT2D eigenvalue weighted by molar-refractivity contribution is 4.95. The minimum atomic E-state index is 0.353. The standard InChI is InChI=1S/C16H32N2/c1-12-6-5-7-14(10-12)18(4)11-13-8-9-16(2,3)15(13)17/h12-15H,5-11,17H2,1-4H3. The van der Waals surface area contributed by atoms with E-state index in [1.165, 1.54) is 45.1 Å². The molecule has 0 aromatic carbocycles. The Balaban J connectivity index is 1.86. The zero-order chi connectivity index (χ0) is 13.3. The van der Waals surface area contributed by atoms with Crippen molar-refractivity contribution in [2.75, 3.05) is 13.6 Å². The molecular weight excluding hydrogens is 220 g/mol. The molecule has 0 heterocycles. The lowest BCUT2D eigenvalue weighted by Gasteiger charge is -2.37. The molecule has 2 saturated carbocycles. The van der Waals surface area contributed by atoms with E-state index in [1.54, 1.807) is 0 Å². The van der Waals surface area contributed by atoms with Gasteiger partial charge in [-0.3, -0.25) is 0 Å². The van der Waals surface area contributed by atoms with Crippen LogP contribution in [0.5, 0.6) is 0 Å². The van der Waals surface area contributed by atoms with Crippen LogP contribution in [0, 0.1) is 17.3 Å². The van der Waals surface area contributed by atoms with Gasteiger partial charge in [-0.25, -0.2) is 0 Å². The molecule has 2 aliphatic rings. The van der Waals surface area contributed by atoms with Gasteiger partial charge < -0.3 is 10.6 Å². The topological polar surface area (TPSA) is 29.3 Å². The number of hydrogen-bond acceptors (Lipinski definition) is 2. The maximum Gasteiger partial charge on any atom is 0.0131 e. The summed E-state index contributed by atoms with van der Waals surface area (Å²) >= 11 is 0. The minimum Gasteiger partial charge on any atom is -0.327 e. The van der Waals surface area contributed by atoms with Crippen molar-refractivity contribution in [2.24, 2.45) is 23.0 Å². The number of hydrogen-bond donors (Lipinski definition) is 1. The molecule has 18 heavy (non-hydrogen) atoms. The van der Waals surface area contributed by atoms with E-state index in [0.29, 0.717) is 17.4 Å². The van der Waals surface area contributed by atoms with Crippen LogP contribution >= 0.6 is 0 Å². The van der Waals surface area contributed by atoms with E-state index in [9.17, 15) is 0 Å². The van der Waals surface area contributed by atoms with Crippen molar-refractivity contribution in [2.45, 2.75) is 71.4 Å². The van der Waals surface area contributed by atoms with Crippen LogP contribution in [0.25, 0.3) is 0 Å². The first-order valence-electron chi connectivity index (χ1n) is 7.86. The number of rotatable bonds is 3. The summed E-state index contributed by atoms with van der Waals surface area (Å²) in [6, 6.07) is 1.20. The zero-order valence-electron chi connectivity index (χ0n) is 12.8. The van der Waals surface area contributed by atoms with E-state index in [4.69, 9.17) is 5.73 Å². The summed E-state index contributed by atoms with van der Waals surface area (Å²) in [5, 5.41) is 0. The minimum absolute atomic E-state index is 0.353. The molecule has 4 atom stereocenters. The Morgan fingerprint density at radius 1 is 1.22 bits per heavy atom. The van der Waals surface area contributed by atoms with E-state index in [1.807, 2.05) is 0 Å². The molecule has 0 aromatic heterocycles. The molecule has 0 aliphatic heterocycles. The molecule has 0 radical (unpaired) electrons. The van der Waals surface area contributed by atoms with Gasteiger partial charge in [0.2, 0.25) is 0 Å². The predicted molar refractivity (Wildman–Crippen MR) is 78.5 cm³/mol. The summed E-state index contributed by atoms with van der Waals surface area (Å²) in [4.78, 5) is 2.61. The van der Waals surface area contributed by atoms with Crippen LogP contribution in [0.1, 0.15) is 59.3 Å². The molecule has 2 N–H and O–H groups in total. The van der Waals surface area contributed by atoms with Crippen LogP contribution < -0.4 is 5.73 Å². The van der Waals surface area contributed by atoms with E-state index >= 15 is 0 Å². The molecule has 0 saturated heterocycles. The van der Waals surface area contributed by atoms with Crippen LogP contribution in [-0.2, 0) is 0 Å². The largest absolute Gasteiger partial charge is 0.327 e. The van der Waals surface area contributed by atoms with Gasteiger partial charge >= 0.3 is 0 Å². The van der Waals surface area contributed by atoms with E-state index in [-0.39, 0.29) is 0 Å². The number of nitrogens with zero attached hydrogens (tertiary/aromatic N) is 1. The highest BCUT2D eigenvalue weighted by atomic mass is 15.1.